The smallest absolute Gasteiger partial charge is 0.218 e. The maximum atomic E-state index is 5.97. The predicted octanol–water partition coefficient (Wildman–Crippen LogP) is 4.21. The molecule has 0 radical (unpaired) electrons. The molecule has 2 aromatic rings. The van der Waals surface area contributed by atoms with Crippen molar-refractivity contribution >= 4 is 29.9 Å². The van der Waals surface area contributed by atoms with Crippen LogP contribution in [0.15, 0.2) is 53.7 Å². The Bertz CT molecular complexity index is 792. The summed E-state index contributed by atoms with van der Waals surface area (Å²) in [5.41, 5.74) is 2.11. The molecule has 1 aromatic carbocycles. The van der Waals surface area contributed by atoms with Gasteiger partial charge in [-0.2, -0.15) is 0 Å². The first-order chi connectivity index (χ1) is 14.7. The first kappa shape index (κ1) is 25.4. The molecule has 2 heterocycles. The van der Waals surface area contributed by atoms with E-state index in [-0.39, 0.29) is 24.0 Å². The van der Waals surface area contributed by atoms with Crippen LogP contribution in [0.5, 0.6) is 5.88 Å². The van der Waals surface area contributed by atoms with E-state index in [1.807, 2.05) is 30.3 Å². The standard InChI is InChI=1S/C24H35N5O.HI/c1-4-25-24(28-22-12-15-29(16-13-22)19(2)3)27-17-21-11-8-14-26-23(21)30-18-20-9-6-5-7-10-20;/h5-11,14,19,22H,4,12-13,15-18H2,1-3H3,(H2,25,27,28);1H. The number of benzene rings is 1. The lowest BCUT2D eigenvalue weighted by Gasteiger charge is -2.35. The van der Waals surface area contributed by atoms with Crippen molar-refractivity contribution in [1.82, 2.24) is 20.5 Å². The molecule has 1 fully saturated rings. The maximum absolute atomic E-state index is 5.97. The molecule has 0 saturated carbocycles. The SMILES string of the molecule is CCNC(=NCc1cccnc1OCc1ccccc1)NC1CCN(C(C)C)CC1.I. The Hall–Kier alpha value is -1.87. The van der Waals surface area contributed by atoms with Gasteiger partial charge in [0.25, 0.3) is 0 Å². The third-order valence-electron chi connectivity index (χ3n) is 5.42. The van der Waals surface area contributed by atoms with Gasteiger partial charge in [0.2, 0.25) is 5.88 Å². The van der Waals surface area contributed by atoms with Crippen molar-refractivity contribution in [2.75, 3.05) is 19.6 Å². The Kier molecular flexibility index (Phi) is 11.1. The van der Waals surface area contributed by atoms with Crippen molar-refractivity contribution in [3.8, 4) is 5.88 Å². The van der Waals surface area contributed by atoms with Gasteiger partial charge >= 0.3 is 0 Å². The topological polar surface area (TPSA) is 61.8 Å². The number of rotatable bonds is 8. The van der Waals surface area contributed by atoms with Crippen molar-refractivity contribution in [3.63, 3.8) is 0 Å². The van der Waals surface area contributed by atoms with Crippen LogP contribution < -0.4 is 15.4 Å². The molecule has 0 aliphatic carbocycles. The Morgan fingerprint density at radius 1 is 1.16 bits per heavy atom. The van der Waals surface area contributed by atoms with Crippen LogP contribution in [0.4, 0.5) is 0 Å². The van der Waals surface area contributed by atoms with E-state index in [9.17, 15) is 0 Å². The highest BCUT2D eigenvalue weighted by Crippen LogP contribution is 2.17. The first-order valence-electron chi connectivity index (χ1n) is 11.0. The lowest BCUT2D eigenvalue weighted by molar-refractivity contribution is 0.167. The van der Waals surface area contributed by atoms with E-state index < -0.39 is 0 Å². The van der Waals surface area contributed by atoms with Crippen LogP contribution >= 0.6 is 24.0 Å². The van der Waals surface area contributed by atoms with Gasteiger partial charge in [-0.3, -0.25) is 0 Å². The molecular formula is C24H36IN5O. The second-order valence-electron chi connectivity index (χ2n) is 7.99. The van der Waals surface area contributed by atoms with Gasteiger partial charge < -0.3 is 20.3 Å². The molecule has 6 nitrogen and oxygen atoms in total. The van der Waals surface area contributed by atoms with Gasteiger partial charge in [-0.15, -0.1) is 24.0 Å². The summed E-state index contributed by atoms with van der Waals surface area (Å²) in [6, 6.07) is 15.2. The van der Waals surface area contributed by atoms with Crippen LogP contribution in [-0.4, -0.2) is 47.6 Å². The van der Waals surface area contributed by atoms with E-state index in [1.54, 1.807) is 6.20 Å². The molecule has 0 amide bonds. The summed E-state index contributed by atoms with van der Waals surface area (Å²) in [7, 11) is 0. The second kappa shape index (κ2) is 13.5. The number of nitrogens with one attached hydrogen (secondary N) is 2. The van der Waals surface area contributed by atoms with Crippen molar-refractivity contribution in [1.29, 1.82) is 0 Å². The van der Waals surface area contributed by atoms with Crippen LogP contribution in [0.3, 0.4) is 0 Å². The average molecular weight is 537 g/mol. The van der Waals surface area contributed by atoms with Crippen LogP contribution in [0.2, 0.25) is 0 Å². The Morgan fingerprint density at radius 3 is 2.58 bits per heavy atom. The van der Waals surface area contributed by atoms with Gasteiger partial charge in [-0.1, -0.05) is 36.4 Å². The first-order valence-corrected chi connectivity index (χ1v) is 11.0. The van der Waals surface area contributed by atoms with E-state index in [1.165, 1.54) is 0 Å². The van der Waals surface area contributed by atoms with Crippen LogP contribution in [0.1, 0.15) is 44.7 Å². The van der Waals surface area contributed by atoms with E-state index in [0.29, 0.717) is 31.1 Å². The molecule has 1 aromatic heterocycles. The zero-order valence-electron chi connectivity index (χ0n) is 18.9. The van der Waals surface area contributed by atoms with E-state index in [4.69, 9.17) is 9.73 Å². The number of pyridine rings is 1. The summed E-state index contributed by atoms with van der Waals surface area (Å²) in [5.74, 6) is 1.50. The number of guanidine groups is 1. The molecule has 1 saturated heterocycles. The fourth-order valence-electron chi connectivity index (χ4n) is 3.64. The molecule has 7 heteroatoms. The molecule has 1 aliphatic rings. The Balaban J connectivity index is 0.00000341. The minimum absolute atomic E-state index is 0. The summed E-state index contributed by atoms with van der Waals surface area (Å²) >= 11 is 0. The van der Waals surface area contributed by atoms with Crippen molar-refractivity contribution in [3.05, 3.63) is 59.8 Å². The summed E-state index contributed by atoms with van der Waals surface area (Å²) < 4.78 is 5.97. The number of ether oxygens (including phenoxy) is 1. The fourth-order valence-corrected chi connectivity index (χ4v) is 3.64. The Morgan fingerprint density at radius 2 is 1.90 bits per heavy atom. The number of hydrogen-bond donors (Lipinski definition) is 2. The molecule has 31 heavy (non-hydrogen) atoms. The molecule has 170 valence electrons. The lowest BCUT2D eigenvalue weighted by Crippen LogP contribution is -2.49. The van der Waals surface area contributed by atoms with Gasteiger partial charge in [-0.25, -0.2) is 9.98 Å². The highest BCUT2D eigenvalue weighted by molar-refractivity contribution is 14.0. The number of hydrogen-bond acceptors (Lipinski definition) is 4. The zero-order chi connectivity index (χ0) is 21.2. The van der Waals surface area contributed by atoms with Crippen LogP contribution in [0.25, 0.3) is 0 Å². The summed E-state index contributed by atoms with van der Waals surface area (Å²) in [6.45, 7) is 10.8. The molecule has 0 unspecified atom stereocenters. The molecule has 2 N–H and O–H groups in total. The third kappa shape index (κ3) is 8.29. The predicted molar refractivity (Wildman–Crippen MR) is 138 cm³/mol. The second-order valence-corrected chi connectivity index (χ2v) is 7.99. The lowest BCUT2D eigenvalue weighted by atomic mass is 10.0. The summed E-state index contributed by atoms with van der Waals surface area (Å²) in [6.07, 6.45) is 4.04. The van der Waals surface area contributed by atoms with Gasteiger partial charge in [0.15, 0.2) is 5.96 Å². The quantitative estimate of drug-likeness (QED) is 0.300. The molecule has 0 spiro atoms. The average Bonchev–Trinajstić information content (AvgIpc) is 2.78. The van der Waals surface area contributed by atoms with Gasteiger partial charge in [-0.05, 0) is 45.2 Å². The minimum atomic E-state index is 0. The summed E-state index contributed by atoms with van der Waals surface area (Å²) in [4.78, 5) is 11.8. The number of aliphatic imine (C=N–C) groups is 1. The normalized spacial score (nSPS) is 15.4. The van der Waals surface area contributed by atoms with Crippen molar-refractivity contribution in [2.45, 2.75) is 58.8 Å². The molecular weight excluding hydrogens is 501 g/mol. The van der Waals surface area contributed by atoms with Crippen LogP contribution in [0, 0.1) is 0 Å². The fraction of sp³-hybridized carbons (Fsp3) is 0.500. The van der Waals surface area contributed by atoms with E-state index >= 15 is 0 Å². The van der Waals surface area contributed by atoms with E-state index in [2.05, 4.69) is 53.4 Å². The zero-order valence-corrected chi connectivity index (χ0v) is 21.2. The van der Waals surface area contributed by atoms with E-state index in [0.717, 1.165) is 49.6 Å². The summed E-state index contributed by atoms with van der Waals surface area (Å²) in [5, 5.41) is 6.99. The highest BCUT2D eigenvalue weighted by Gasteiger charge is 2.21. The number of piperidine rings is 1. The van der Waals surface area contributed by atoms with Gasteiger partial charge in [0.05, 0.1) is 6.54 Å². The maximum Gasteiger partial charge on any atom is 0.218 e. The number of halogens is 1. The molecule has 0 atom stereocenters. The molecule has 1 aliphatic heterocycles. The van der Waals surface area contributed by atoms with Crippen molar-refractivity contribution < 1.29 is 4.74 Å². The Labute approximate surface area is 203 Å². The number of likely N-dealkylation sites (tertiary alicyclic amines) is 1. The monoisotopic (exact) mass is 537 g/mol. The number of nitrogens with zero attached hydrogens (tertiary/aromatic N) is 3. The number of aromatic nitrogens is 1. The van der Waals surface area contributed by atoms with Crippen molar-refractivity contribution in [2.24, 2.45) is 4.99 Å². The van der Waals surface area contributed by atoms with Gasteiger partial charge in [0, 0.05) is 43.5 Å². The van der Waals surface area contributed by atoms with Crippen LogP contribution in [-0.2, 0) is 13.2 Å². The van der Waals surface area contributed by atoms with Gasteiger partial charge in [0.1, 0.15) is 6.61 Å². The molecule has 0 bridgehead atoms. The largest absolute Gasteiger partial charge is 0.473 e. The highest BCUT2D eigenvalue weighted by atomic mass is 127. The third-order valence-corrected chi connectivity index (χ3v) is 5.42. The minimum Gasteiger partial charge on any atom is -0.473 e. The molecule has 3 rings (SSSR count).